The van der Waals surface area contributed by atoms with Crippen LogP contribution >= 0.6 is 0 Å². The van der Waals surface area contributed by atoms with Crippen molar-refractivity contribution in [3.63, 3.8) is 0 Å². The van der Waals surface area contributed by atoms with E-state index in [0.717, 1.165) is 0 Å². The Morgan fingerprint density at radius 2 is 1.93 bits per heavy atom. The van der Waals surface area contributed by atoms with Crippen molar-refractivity contribution in [2.75, 3.05) is 26.3 Å². The lowest BCUT2D eigenvalue weighted by molar-refractivity contribution is -0.142. The highest BCUT2D eigenvalue weighted by molar-refractivity contribution is 7.89. The monoisotopic (exact) mass is 394 g/mol. The number of sulfonamides is 1. The highest BCUT2D eigenvalue weighted by Crippen LogP contribution is 2.18. The van der Waals surface area contributed by atoms with Gasteiger partial charge in [0.25, 0.3) is 5.91 Å². The predicted molar refractivity (Wildman–Crippen MR) is 96.7 cm³/mol. The van der Waals surface area contributed by atoms with Crippen molar-refractivity contribution < 1.29 is 27.1 Å². The van der Waals surface area contributed by atoms with Gasteiger partial charge in [0.15, 0.2) is 6.10 Å². The third-order valence-electron chi connectivity index (χ3n) is 4.13. The van der Waals surface area contributed by atoms with Crippen LogP contribution in [-0.2, 0) is 26.1 Å². The minimum absolute atomic E-state index is 0.0681. The van der Waals surface area contributed by atoms with Crippen LogP contribution in [-0.4, -0.2) is 51.6 Å². The second-order valence-corrected chi connectivity index (χ2v) is 7.84. The Morgan fingerprint density at radius 3 is 2.56 bits per heavy atom. The third kappa shape index (κ3) is 5.09. The van der Waals surface area contributed by atoms with Gasteiger partial charge in [-0.05, 0) is 43.3 Å². The van der Waals surface area contributed by atoms with Gasteiger partial charge >= 0.3 is 0 Å². The summed E-state index contributed by atoms with van der Waals surface area (Å²) < 4.78 is 43.1. The SMILES string of the molecule is C[C@H](Oc1ccc(S(=O)(=O)NCc2ccco2)cc1)C(=O)N1CCOCC1. The van der Waals surface area contributed by atoms with Crippen LogP contribution in [0.2, 0.25) is 0 Å². The number of carbonyl (C=O) groups is 1. The minimum atomic E-state index is -3.67. The van der Waals surface area contributed by atoms with E-state index in [1.807, 2.05) is 0 Å². The fraction of sp³-hybridized carbons (Fsp3) is 0.389. The maximum absolute atomic E-state index is 12.4. The summed E-state index contributed by atoms with van der Waals surface area (Å²) in [7, 11) is -3.67. The Bertz CT molecular complexity index is 842. The van der Waals surface area contributed by atoms with Crippen LogP contribution in [0, 0.1) is 0 Å². The molecule has 1 aliphatic rings. The van der Waals surface area contributed by atoms with E-state index in [4.69, 9.17) is 13.9 Å². The van der Waals surface area contributed by atoms with Crippen molar-refractivity contribution in [2.45, 2.75) is 24.5 Å². The van der Waals surface area contributed by atoms with E-state index in [2.05, 4.69) is 4.72 Å². The molecule has 1 fully saturated rings. The molecule has 2 aromatic rings. The number of nitrogens with zero attached hydrogens (tertiary/aromatic N) is 1. The average molecular weight is 394 g/mol. The van der Waals surface area contributed by atoms with Crippen molar-refractivity contribution in [1.29, 1.82) is 0 Å². The Morgan fingerprint density at radius 1 is 1.22 bits per heavy atom. The first kappa shape index (κ1) is 19.4. The normalized spacial score (nSPS) is 16.1. The summed E-state index contributed by atoms with van der Waals surface area (Å²) >= 11 is 0. The zero-order valence-corrected chi connectivity index (χ0v) is 15.8. The number of ether oxygens (including phenoxy) is 2. The summed E-state index contributed by atoms with van der Waals surface area (Å²) in [5, 5.41) is 0. The lowest BCUT2D eigenvalue weighted by Crippen LogP contribution is -2.46. The lowest BCUT2D eigenvalue weighted by atomic mass is 10.3. The van der Waals surface area contributed by atoms with Gasteiger partial charge in [-0.1, -0.05) is 0 Å². The van der Waals surface area contributed by atoms with Gasteiger partial charge in [-0.2, -0.15) is 0 Å². The maximum atomic E-state index is 12.4. The smallest absolute Gasteiger partial charge is 0.263 e. The number of benzene rings is 1. The summed E-state index contributed by atoms with van der Waals surface area (Å²) in [5.41, 5.74) is 0. The van der Waals surface area contributed by atoms with Crippen LogP contribution in [0.5, 0.6) is 5.75 Å². The van der Waals surface area contributed by atoms with E-state index >= 15 is 0 Å². The van der Waals surface area contributed by atoms with Crippen molar-refractivity contribution in [1.82, 2.24) is 9.62 Å². The molecule has 1 amide bonds. The first-order valence-electron chi connectivity index (χ1n) is 8.61. The number of hydrogen-bond donors (Lipinski definition) is 1. The molecule has 27 heavy (non-hydrogen) atoms. The molecule has 1 N–H and O–H groups in total. The molecule has 0 bridgehead atoms. The van der Waals surface area contributed by atoms with E-state index in [1.54, 1.807) is 24.0 Å². The molecule has 0 saturated carbocycles. The molecule has 9 heteroatoms. The number of hydrogen-bond acceptors (Lipinski definition) is 6. The van der Waals surface area contributed by atoms with E-state index in [-0.39, 0.29) is 17.3 Å². The molecule has 2 heterocycles. The molecule has 1 saturated heterocycles. The summed E-state index contributed by atoms with van der Waals surface area (Å²) in [6, 6.07) is 9.31. The Hall–Kier alpha value is -2.36. The molecule has 1 aliphatic heterocycles. The molecule has 0 aliphatic carbocycles. The van der Waals surface area contributed by atoms with Crippen LogP contribution in [0.4, 0.5) is 0 Å². The Labute approximate surface area is 158 Å². The van der Waals surface area contributed by atoms with E-state index in [9.17, 15) is 13.2 Å². The number of amides is 1. The molecule has 0 spiro atoms. The largest absolute Gasteiger partial charge is 0.481 e. The first-order valence-corrected chi connectivity index (χ1v) is 10.1. The molecular weight excluding hydrogens is 372 g/mol. The van der Waals surface area contributed by atoms with Gasteiger partial charge in [-0.3, -0.25) is 4.79 Å². The quantitative estimate of drug-likeness (QED) is 0.762. The zero-order chi connectivity index (χ0) is 19.3. The van der Waals surface area contributed by atoms with E-state index in [1.165, 1.54) is 30.5 Å². The molecular formula is C18H22N2O6S. The minimum Gasteiger partial charge on any atom is -0.481 e. The highest BCUT2D eigenvalue weighted by Gasteiger charge is 2.24. The molecule has 146 valence electrons. The van der Waals surface area contributed by atoms with Crippen LogP contribution in [0.15, 0.2) is 52.0 Å². The van der Waals surface area contributed by atoms with E-state index < -0.39 is 16.1 Å². The average Bonchev–Trinajstić information content (AvgIpc) is 3.21. The van der Waals surface area contributed by atoms with Gasteiger partial charge in [-0.15, -0.1) is 0 Å². The summed E-state index contributed by atoms with van der Waals surface area (Å²) in [4.78, 5) is 14.2. The van der Waals surface area contributed by atoms with Crippen LogP contribution in [0.3, 0.4) is 0 Å². The van der Waals surface area contributed by atoms with Gasteiger partial charge in [0, 0.05) is 13.1 Å². The Balaban J connectivity index is 1.58. The number of morpholine rings is 1. The van der Waals surface area contributed by atoms with Crippen LogP contribution < -0.4 is 9.46 Å². The molecule has 0 unspecified atom stereocenters. The van der Waals surface area contributed by atoms with Crippen molar-refractivity contribution >= 4 is 15.9 Å². The lowest BCUT2D eigenvalue weighted by Gasteiger charge is -2.29. The van der Waals surface area contributed by atoms with Crippen LogP contribution in [0.1, 0.15) is 12.7 Å². The standard InChI is InChI=1S/C18H22N2O6S/c1-14(18(21)20-8-11-24-12-9-20)26-15-4-6-17(7-5-15)27(22,23)19-13-16-3-2-10-25-16/h2-7,10,14,19H,8-9,11-13H2,1H3/t14-/m0/s1. The van der Waals surface area contributed by atoms with Crippen molar-refractivity contribution in [3.05, 3.63) is 48.4 Å². The molecule has 1 aromatic carbocycles. The highest BCUT2D eigenvalue weighted by atomic mass is 32.2. The summed E-state index contributed by atoms with van der Waals surface area (Å²) in [5.74, 6) is 0.832. The van der Waals surface area contributed by atoms with E-state index in [0.29, 0.717) is 37.8 Å². The second-order valence-electron chi connectivity index (χ2n) is 6.07. The van der Waals surface area contributed by atoms with Crippen molar-refractivity contribution in [2.24, 2.45) is 0 Å². The molecule has 1 aromatic heterocycles. The Kier molecular flexibility index (Phi) is 6.15. The van der Waals surface area contributed by atoms with Gasteiger partial charge in [0.2, 0.25) is 10.0 Å². The number of furan rings is 1. The first-order chi connectivity index (χ1) is 13.0. The van der Waals surface area contributed by atoms with Gasteiger partial charge in [-0.25, -0.2) is 13.1 Å². The molecule has 1 atom stereocenters. The van der Waals surface area contributed by atoms with Gasteiger partial charge < -0.3 is 18.8 Å². The topological polar surface area (TPSA) is 98.1 Å². The molecule has 8 nitrogen and oxygen atoms in total. The third-order valence-corrected chi connectivity index (χ3v) is 5.55. The number of carbonyl (C=O) groups excluding carboxylic acids is 1. The van der Waals surface area contributed by atoms with Crippen LogP contribution in [0.25, 0.3) is 0 Å². The van der Waals surface area contributed by atoms with Gasteiger partial charge in [0.05, 0.1) is 30.9 Å². The fourth-order valence-corrected chi connectivity index (χ4v) is 3.65. The summed E-state index contributed by atoms with van der Waals surface area (Å²) in [6.45, 7) is 3.88. The maximum Gasteiger partial charge on any atom is 0.263 e. The van der Waals surface area contributed by atoms with Crippen molar-refractivity contribution in [3.8, 4) is 5.75 Å². The number of nitrogens with one attached hydrogen (secondary N) is 1. The molecule has 0 radical (unpaired) electrons. The second kappa shape index (κ2) is 8.55. The molecule has 3 rings (SSSR count). The predicted octanol–water partition coefficient (Wildman–Crippen LogP) is 1.38. The van der Waals surface area contributed by atoms with Gasteiger partial charge in [0.1, 0.15) is 11.5 Å². The fourth-order valence-electron chi connectivity index (χ4n) is 2.66. The zero-order valence-electron chi connectivity index (χ0n) is 15.0. The summed E-state index contributed by atoms with van der Waals surface area (Å²) in [6.07, 6.45) is 0.817. The number of rotatable bonds is 7.